The second kappa shape index (κ2) is 6.86. The summed E-state index contributed by atoms with van der Waals surface area (Å²) in [6.07, 6.45) is 7.54. The Kier molecular flexibility index (Phi) is 5.06. The Morgan fingerprint density at radius 2 is 2.12 bits per heavy atom. The first-order valence-electron chi connectivity index (χ1n) is 9.86. The Labute approximate surface area is 157 Å². The molecular formula is C22H32O4. The van der Waals surface area contributed by atoms with E-state index in [9.17, 15) is 9.59 Å². The highest BCUT2D eigenvalue weighted by atomic mass is 16.5. The van der Waals surface area contributed by atoms with Crippen LogP contribution >= 0.6 is 0 Å². The van der Waals surface area contributed by atoms with Crippen molar-refractivity contribution in [2.75, 3.05) is 6.61 Å². The third-order valence-corrected chi connectivity index (χ3v) is 7.10. The van der Waals surface area contributed by atoms with Crippen molar-refractivity contribution in [3.63, 3.8) is 0 Å². The summed E-state index contributed by atoms with van der Waals surface area (Å²) in [4.78, 5) is 23.8. The van der Waals surface area contributed by atoms with E-state index in [0.717, 1.165) is 19.3 Å². The van der Waals surface area contributed by atoms with E-state index in [1.165, 1.54) is 25.3 Å². The fourth-order valence-corrected chi connectivity index (χ4v) is 6.12. The Hall–Kier alpha value is -1.58. The number of carbonyl (C=O) groups is 2. The minimum Gasteiger partial charge on any atom is -0.462 e. The predicted octanol–water partition coefficient (Wildman–Crippen LogP) is 4.59. The number of hydrogen-bond donors (Lipinski definition) is 0. The maximum absolute atomic E-state index is 12.0. The van der Waals surface area contributed by atoms with E-state index in [1.807, 2.05) is 6.08 Å². The summed E-state index contributed by atoms with van der Waals surface area (Å²) in [6.45, 7) is 13.2. The molecule has 4 heteroatoms. The van der Waals surface area contributed by atoms with Gasteiger partial charge >= 0.3 is 11.9 Å². The van der Waals surface area contributed by atoms with Crippen LogP contribution in [0.3, 0.4) is 0 Å². The lowest BCUT2D eigenvalue weighted by Crippen LogP contribution is -2.53. The lowest BCUT2D eigenvalue weighted by molar-refractivity contribution is -0.157. The molecule has 0 radical (unpaired) electrons. The molecule has 2 saturated carbocycles. The number of rotatable bonds is 4. The van der Waals surface area contributed by atoms with Crippen LogP contribution in [0, 0.1) is 22.7 Å². The standard InChI is InChI=1S/C22H32O4/c1-14-7-8-18-21(3,4)10-6-11-22(18,5)19(14)17(26-15(2)23)13-16-9-12-25-20(16)24/h9,17-19H,1,6-8,10-13H2,2-5H3. The van der Waals surface area contributed by atoms with Crippen LogP contribution in [0.2, 0.25) is 0 Å². The molecule has 1 aliphatic heterocycles. The van der Waals surface area contributed by atoms with Gasteiger partial charge in [0.1, 0.15) is 12.7 Å². The fraction of sp³-hybridized carbons (Fsp3) is 0.727. The van der Waals surface area contributed by atoms with Gasteiger partial charge < -0.3 is 9.47 Å². The molecule has 2 aliphatic carbocycles. The van der Waals surface area contributed by atoms with E-state index in [-0.39, 0.29) is 34.8 Å². The monoisotopic (exact) mass is 360 g/mol. The average molecular weight is 360 g/mol. The lowest BCUT2D eigenvalue weighted by Gasteiger charge is -2.59. The number of ether oxygens (including phenoxy) is 2. The third-order valence-electron chi connectivity index (χ3n) is 7.10. The Bertz CT molecular complexity index is 645. The van der Waals surface area contributed by atoms with Gasteiger partial charge in [0.05, 0.1) is 0 Å². The van der Waals surface area contributed by atoms with Gasteiger partial charge in [-0.15, -0.1) is 0 Å². The first kappa shape index (κ1) is 19.2. The molecule has 3 aliphatic rings. The summed E-state index contributed by atoms with van der Waals surface area (Å²) in [7, 11) is 0. The van der Waals surface area contributed by atoms with Crippen LogP contribution in [0.1, 0.15) is 66.2 Å². The van der Waals surface area contributed by atoms with Gasteiger partial charge in [0, 0.05) is 24.8 Å². The zero-order chi connectivity index (χ0) is 19.1. The normalized spacial score (nSPS) is 34.5. The van der Waals surface area contributed by atoms with Crippen LogP contribution in [0.5, 0.6) is 0 Å². The molecular weight excluding hydrogens is 328 g/mol. The van der Waals surface area contributed by atoms with Gasteiger partial charge in [0.15, 0.2) is 0 Å². The first-order valence-corrected chi connectivity index (χ1v) is 9.86. The van der Waals surface area contributed by atoms with Gasteiger partial charge in [-0.1, -0.05) is 39.3 Å². The molecule has 3 rings (SSSR count). The minimum absolute atomic E-state index is 0.0419. The second-order valence-electron chi connectivity index (χ2n) is 9.25. The molecule has 0 aromatic rings. The van der Waals surface area contributed by atoms with E-state index in [4.69, 9.17) is 9.47 Å². The van der Waals surface area contributed by atoms with Crippen molar-refractivity contribution >= 4 is 11.9 Å². The van der Waals surface area contributed by atoms with Gasteiger partial charge in [-0.05, 0) is 48.5 Å². The summed E-state index contributed by atoms with van der Waals surface area (Å²) in [5, 5.41) is 0. The number of carbonyl (C=O) groups excluding carboxylic acids is 2. The molecule has 0 N–H and O–H groups in total. The molecule has 4 nitrogen and oxygen atoms in total. The number of hydrogen-bond acceptors (Lipinski definition) is 4. The van der Waals surface area contributed by atoms with Crippen molar-refractivity contribution in [1.82, 2.24) is 0 Å². The molecule has 0 aromatic carbocycles. The Morgan fingerprint density at radius 3 is 2.73 bits per heavy atom. The molecule has 4 unspecified atom stereocenters. The highest BCUT2D eigenvalue weighted by Crippen LogP contribution is 2.62. The third kappa shape index (κ3) is 3.35. The molecule has 26 heavy (non-hydrogen) atoms. The molecule has 0 saturated heterocycles. The van der Waals surface area contributed by atoms with Gasteiger partial charge in [-0.25, -0.2) is 4.79 Å². The van der Waals surface area contributed by atoms with E-state index in [1.54, 1.807) is 0 Å². The summed E-state index contributed by atoms with van der Waals surface area (Å²) in [5.41, 5.74) is 2.11. The van der Waals surface area contributed by atoms with Gasteiger partial charge in [-0.2, -0.15) is 0 Å². The van der Waals surface area contributed by atoms with Crippen LogP contribution in [0.25, 0.3) is 0 Å². The van der Waals surface area contributed by atoms with Crippen molar-refractivity contribution < 1.29 is 19.1 Å². The summed E-state index contributed by atoms with van der Waals surface area (Å²) in [5.74, 6) is 0.0747. The van der Waals surface area contributed by atoms with E-state index in [0.29, 0.717) is 24.5 Å². The SMILES string of the molecule is C=C1CCC2C(C)(C)CCCC2(C)C1C(CC1=CCOC1=O)OC(C)=O. The van der Waals surface area contributed by atoms with Crippen molar-refractivity contribution in [1.29, 1.82) is 0 Å². The predicted molar refractivity (Wildman–Crippen MR) is 100 cm³/mol. The molecule has 0 bridgehead atoms. The zero-order valence-electron chi connectivity index (χ0n) is 16.6. The summed E-state index contributed by atoms with van der Waals surface area (Å²) in [6, 6.07) is 0. The molecule has 144 valence electrons. The number of cyclic esters (lactones) is 1. The molecule has 4 atom stereocenters. The number of esters is 2. The largest absolute Gasteiger partial charge is 0.462 e. The number of fused-ring (bicyclic) bond motifs is 1. The Balaban J connectivity index is 1.95. The van der Waals surface area contributed by atoms with Crippen LogP contribution in [-0.4, -0.2) is 24.6 Å². The zero-order valence-corrected chi connectivity index (χ0v) is 16.6. The molecule has 1 heterocycles. The van der Waals surface area contributed by atoms with E-state index in [2.05, 4.69) is 27.4 Å². The maximum Gasteiger partial charge on any atom is 0.334 e. The van der Waals surface area contributed by atoms with Crippen molar-refractivity contribution in [2.45, 2.75) is 72.3 Å². The highest BCUT2D eigenvalue weighted by Gasteiger charge is 2.55. The average Bonchev–Trinajstić information content (AvgIpc) is 2.90. The van der Waals surface area contributed by atoms with Gasteiger partial charge in [-0.3, -0.25) is 4.79 Å². The highest BCUT2D eigenvalue weighted by molar-refractivity contribution is 5.90. The lowest BCUT2D eigenvalue weighted by atomic mass is 9.46. The topological polar surface area (TPSA) is 52.6 Å². The van der Waals surface area contributed by atoms with Crippen molar-refractivity contribution in [3.8, 4) is 0 Å². The summed E-state index contributed by atoms with van der Waals surface area (Å²) >= 11 is 0. The minimum atomic E-state index is -0.349. The van der Waals surface area contributed by atoms with Gasteiger partial charge in [0.2, 0.25) is 0 Å². The quantitative estimate of drug-likeness (QED) is 0.543. The molecule has 0 spiro atoms. The smallest absolute Gasteiger partial charge is 0.334 e. The van der Waals surface area contributed by atoms with Crippen molar-refractivity contribution in [3.05, 3.63) is 23.8 Å². The van der Waals surface area contributed by atoms with Crippen LogP contribution < -0.4 is 0 Å². The second-order valence-corrected chi connectivity index (χ2v) is 9.25. The van der Waals surface area contributed by atoms with E-state index < -0.39 is 0 Å². The Morgan fingerprint density at radius 1 is 1.38 bits per heavy atom. The maximum atomic E-state index is 12.0. The van der Waals surface area contributed by atoms with Crippen molar-refractivity contribution in [2.24, 2.45) is 22.7 Å². The van der Waals surface area contributed by atoms with Crippen LogP contribution in [0.4, 0.5) is 0 Å². The van der Waals surface area contributed by atoms with Gasteiger partial charge in [0.25, 0.3) is 0 Å². The molecule has 0 aromatic heterocycles. The molecule has 2 fully saturated rings. The first-order chi connectivity index (χ1) is 12.1. The van der Waals surface area contributed by atoms with Crippen LogP contribution in [0.15, 0.2) is 23.8 Å². The van der Waals surface area contributed by atoms with E-state index >= 15 is 0 Å². The molecule has 0 amide bonds. The summed E-state index contributed by atoms with van der Waals surface area (Å²) < 4.78 is 10.9. The fourth-order valence-electron chi connectivity index (χ4n) is 6.12. The van der Waals surface area contributed by atoms with Crippen LogP contribution in [-0.2, 0) is 19.1 Å².